The van der Waals surface area contributed by atoms with Gasteiger partial charge in [-0.05, 0) is 50.2 Å². The fourth-order valence-electron chi connectivity index (χ4n) is 2.89. The summed E-state index contributed by atoms with van der Waals surface area (Å²) in [6.07, 6.45) is 6.77. The van der Waals surface area contributed by atoms with Crippen molar-refractivity contribution in [3.05, 3.63) is 24.2 Å². The second kappa shape index (κ2) is 5.72. The molecule has 0 amide bonds. The van der Waals surface area contributed by atoms with E-state index in [0.29, 0.717) is 12.1 Å². The van der Waals surface area contributed by atoms with Gasteiger partial charge in [-0.1, -0.05) is 13.8 Å². The average molecular weight is 235 g/mol. The Labute approximate surface area is 105 Å². The Hall–Kier alpha value is -0.760. The van der Waals surface area contributed by atoms with Gasteiger partial charge in [0, 0.05) is 18.5 Å². The van der Waals surface area contributed by atoms with E-state index < -0.39 is 0 Å². The topological polar surface area (TPSA) is 25.2 Å². The number of furan rings is 1. The monoisotopic (exact) mass is 235 g/mol. The van der Waals surface area contributed by atoms with Crippen molar-refractivity contribution < 1.29 is 4.42 Å². The largest absolute Gasteiger partial charge is 0.469 e. The average Bonchev–Trinajstić information content (AvgIpc) is 2.76. The van der Waals surface area contributed by atoms with E-state index in [0.717, 1.165) is 24.0 Å². The van der Waals surface area contributed by atoms with Crippen molar-refractivity contribution in [1.29, 1.82) is 0 Å². The van der Waals surface area contributed by atoms with Crippen LogP contribution in [0.15, 0.2) is 22.8 Å². The van der Waals surface area contributed by atoms with Crippen LogP contribution in [0.25, 0.3) is 0 Å². The summed E-state index contributed by atoms with van der Waals surface area (Å²) in [6, 6.07) is 5.23. The smallest absolute Gasteiger partial charge is 0.105 e. The molecule has 2 heteroatoms. The van der Waals surface area contributed by atoms with Gasteiger partial charge in [0.05, 0.1) is 6.26 Å². The summed E-state index contributed by atoms with van der Waals surface area (Å²) >= 11 is 0. The van der Waals surface area contributed by atoms with Crippen molar-refractivity contribution in [3.8, 4) is 0 Å². The molecular formula is C15H25NO. The molecule has 0 aromatic carbocycles. The highest BCUT2D eigenvalue weighted by Crippen LogP contribution is 2.29. The summed E-state index contributed by atoms with van der Waals surface area (Å²) in [5.41, 5.74) is 0. The maximum absolute atomic E-state index is 5.39. The van der Waals surface area contributed by atoms with Gasteiger partial charge in [-0.3, -0.25) is 0 Å². The second-order valence-corrected chi connectivity index (χ2v) is 5.82. The molecule has 1 heterocycles. The van der Waals surface area contributed by atoms with Crippen molar-refractivity contribution in [2.24, 2.45) is 11.8 Å². The van der Waals surface area contributed by atoms with Gasteiger partial charge < -0.3 is 9.73 Å². The summed E-state index contributed by atoms with van der Waals surface area (Å²) in [6.45, 7) is 7.02. The molecule has 4 unspecified atom stereocenters. The van der Waals surface area contributed by atoms with E-state index in [4.69, 9.17) is 4.42 Å². The molecule has 17 heavy (non-hydrogen) atoms. The fraction of sp³-hybridized carbons (Fsp3) is 0.733. The highest BCUT2D eigenvalue weighted by molar-refractivity contribution is 5.00. The van der Waals surface area contributed by atoms with Gasteiger partial charge in [-0.25, -0.2) is 0 Å². The molecule has 4 atom stereocenters. The summed E-state index contributed by atoms with van der Waals surface area (Å²) in [5.74, 6) is 2.84. The summed E-state index contributed by atoms with van der Waals surface area (Å²) in [5, 5.41) is 3.75. The Morgan fingerprint density at radius 1 is 1.35 bits per heavy atom. The predicted molar refractivity (Wildman–Crippen MR) is 71.0 cm³/mol. The van der Waals surface area contributed by atoms with E-state index >= 15 is 0 Å². The first-order valence-corrected chi connectivity index (χ1v) is 6.93. The SMILES string of the molecule is CC(Cc1ccco1)NC1CCC(C)C(C)C1. The molecular weight excluding hydrogens is 210 g/mol. The highest BCUT2D eigenvalue weighted by atomic mass is 16.3. The molecule has 1 aromatic rings. The van der Waals surface area contributed by atoms with Crippen LogP contribution in [-0.4, -0.2) is 12.1 Å². The number of rotatable bonds is 4. The minimum Gasteiger partial charge on any atom is -0.469 e. The predicted octanol–water partition coefficient (Wildman–Crippen LogP) is 3.62. The zero-order valence-electron chi connectivity index (χ0n) is 11.3. The molecule has 1 aliphatic carbocycles. The van der Waals surface area contributed by atoms with Crippen LogP contribution in [0.2, 0.25) is 0 Å². The van der Waals surface area contributed by atoms with Crippen LogP contribution in [0.4, 0.5) is 0 Å². The number of hydrogen-bond donors (Lipinski definition) is 1. The molecule has 0 radical (unpaired) electrons. The maximum atomic E-state index is 5.39. The van der Waals surface area contributed by atoms with Gasteiger partial charge in [0.1, 0.15) is 5.76 Å². The Bertz CT molecular complexity index is 320. The normalized spacial score (nSPS) is 31.4. The molecule has 1 saturated carbocycles. The van der Waals surface area contributed by atoms with Crippen molar-refractivity contribution in [2.75, 3.05) is 0 Å². The lowest BCUT2D eigenvalue weighted by Gasteiger charge is -2.34. The summed E-state index contributed by atoms with van der Waals surface area (Å²) in [7, 11) is 0. The van der Waals surface area contributed by atoms with Crippen molar-refractivity contribution in [1.82, 2.24) is 5.32 Å². The second-order valence-electron chi connectivity index (χ2n) is 5.82. The molecule has 0 spiro atoms. The lowest BCUT2D eigenvalue weighted by molar-refractivity contribution is 0.215. The van der Waals surface area contributed by atoms with Crippen LogP contribution in [0.5, 0.6) is 0 Å². The van der Waals surface area contributed by atoms with Gasteiger partial charge in [0.15, 0.2) is 0 Å². The van der Waals surface area contributed by atoms with Crippen molar-refractivity contribution >= 4 is 0 Å². The Kier molecular flexibility index (Phi) is 4.27. The molecule has 1 N–H and O–H groups in total. The van der Waals surface area contributed by atoms with E-state index in [1.165, 1.54) is 19.3 Å². The molecule has 1 aliphatic rings. The molecule has 0 saturated heterocycles. The van der Waals surface area contributed by atoms with Crippen molar-refractivity contribution in [2.45, 2.75) is 58.5 Å². The van der Waals surface area contributed by atoms with Crippen LogP contribution >= 0.6 is 0 Å². The quantitative estimate of drug-likeness (QED) is 0.862. The Morgan fingerprint density at radius 2 is 2.18 bits per heavy atom. The van der Waals surface area contributed by atoms with Crippen LogP contribution in [-0.2, 0) is 6.42 Å². The van der Waals surface area contributed by atoms with Gasteiger partial charge in [-0.15, -0.1) is 0 Å². The number of hydrogen-bond acceptors (Lipinski definition) is 2. The minimum atomic E-state index is 0.506. The fourth-order valence-corrected chi connectivity index (χ4v) is 2.89. The zero-order chi connectivity index (χ0) is 12.3. The van der Waals surface area contributed by atoms with E-state index in [9.17, 15) is 0 Å². The third-order valence-electron chi connectivity index (χ3n) is 4.21. The molecule has 0 bridgehead atoms. The summed E-state index contributed by atoms with van der Waals surface area (Å²) < 4.78 is 5.39. The van der Waals surface area contributed by atoms with E-state index in [2.05, 4.69) is 32.2 Å². The zero-order valence-corrected chi connectivity index (χ0v) is 11.3. The number of nitrogens with one attached hydrogen (secondary N) is 1. The van der Waals surface area contributed by atoms with Crippen LogP contribution < -0.4 is 5.32 Å². The van der Waals surface area contributed by atoms with Crippen LogP contribution in [0, 0.1) is 11.8 Å². The molecule has 2 rings (SSSR count). The van der Waals surface area contributed by atoms with Gasteiger partial charge >= 0.3 is 0 Å². The standard InChI is InChI=1S/C15H25NO/c1-11-6-7-14(9-12(11)2)16-13(3)10-15-5-4-8-17-15/h4-5,8,11-14,16H,6-7,9-10H2,1-3H3. The van der Waals surface area contributed by atoms with Gasteiger partial charge in [0.2, 0.25) is 0 Å². The molecule has 2 nitrogen and oxygen atoms in total. The van der Waals surface area contributed by atoms with Crippen molar-refractivity contribution in [3.63, 3.8) is 0 Å². The summed E-state index contributed by atoms with van der Waals surface area (Å²) in [4.78, 5) is 0. The van der Waals surface area contributed by atoms with Crippen LogP contribution in [0.1, 0.15) is 45.8 Å². The Balaban J connectivity index is 1.77. The maximum Gasteiger partial charge on any atom is 0.105 e. The van der Waals surface area contributed by atoms with Gasteiger partial charge in [-0.2, -0.15) is 0 Å². The molecule has 96 valence electrons. The highest BCUT2D eigenvalue weighted by Gasteiger charge is 2.25. The minimum absolute atomic E-state index is 0.506. The van der Waals surface area contributed by atoms with Gasteiger partial charge in [0.25, 0.3) is 0 Å². The Morgan fingerprint density at radius 3 is 2.82 bits per heavy atom. The van der Waals surface area contributed by atoms with E-state index in [1.807, 2.05) is 6.07 Å². The third-order valence-corrected chi connectivity index (χ3v) is 4.21. The first-order valence-electron chi connectivity index (χ1n) is 6.93. The molecule has 1 aromatic heterocycles. The van der Waals surface area contributed by atoms with E-state index in [-0.39, 0.29) is 0 Å². The first-order chi connectivity index (χ1) is 8.15. The first kappa shape index (κ1) is 12.7. The third kappa shape index (κ3) is 3.60. The van der Waals surface area contributed by atoms with Crippen LogP contribution in [0.3, 0.4) is 0 Å². The molecule has 1 fully saturated rings. The lowest BCUT2D eigenvalue weighted by Crippen LogP contribution is -2.41. The molecule has 0 aliphatic heterocycles. The van der Waals surface area contributed by atoms with E-state index in [1.54, 1.807) is 6.26 Å². The lowest BCUT2D eigenvalue weighted by atomic mass is 9.79.